The predicted octanol–water partition coefficient (Wildman–Crippen LogP) is 2.25. The average molecular weight is 402 g/mol. The summed E-state index contributed by atoms with van der Waals surface area (Å²) in [5, 5.41) is 0.695. The quantitative estimate of drug-likeness (QED) is 0.575. The van der Waals surface area contributed by atoms with Crippen molar-refractivity contribution in [3.8, 4) is 0 Å². The molecule has 0 saturated carbocycles. The lowest BCUT2D eigenvalue weighted by molar-refractivity contribution is -0.146. The van der Waals surface area contributed by atoms with Crippen LogP contribution in [0.25, 0.3) is 0 Å². The summed E-state index contributed by atoms with van der Waals surface area (Å²) >= 11 is 6.12. The van der Waals surface area contributed by atoms with E-state index in [9.17, 15) is 14.4 Å². The fraction of sp³-hybridized carbons (Fsp3) is 0.476. The van der Waals surface area contributed by atoms with Crippen LogP contribution in [0.5, 0.6) is 0 Å². The smallest absolute Gasteiger partial charge is 0.242 e. The van der Waals surface area contributed by atoms with Gasteiger partial charge in [-0.15, -0.1) is 0 Å². The van der Waals surface area contributed by atoms with Crippen LogP contribution in [0.1, 0.15) is 18.4 Å². The standard InChI is InChI=1S/C21H24ClN3O3/c1-14-6-7-15(22)12-18(14)23-8-10-24(11-9-23)19(26)13-25-20(27)16-4-2-3-5-17(16)21(25)28/h2-3,6-7,12,16-17H,4-5,8-11,13H2,1H3/t16-,17+. The predicted molar refractivity (Wildman–Crippen MR) is 107 cm³/mol. The van der Waals surface area contributed by atoms with Crippen molar-refractivity contribution in [3.05, 3.63) is 40.9 Å². The number of hydrogen-bond acceptors (Lipinski definition) is 4. The molecule has 1 aromatic carbocycles. The third-order valence-corrected chi connectivity index (χ3v) is 6.27. The van der Waals surface area contributed by atoms with Gasteiger partial charge < -0.3 is 9.80 Å². The Hall–Kier alpha value is -2.34. The summed E-state index contributed by atoms with van der Waals surface area (Å²) in [5.74, 6) is -1.11. The summed E-state index contributed by atoms with van der Waals surface area (Å²) in [5.41, 5.74) is 2.23. The summed E-state index contributed by atoms with van der Waals surface area (Å²) in [4.78, 5) is 43.0. The molecule has 148 valence electrons. The Morgan fingerprint density at radius 3 is 2.25 bits per heavy atom. The van der Waals surface area contributed by atoms with E-state index in [1.807, 2.05) is 37.3 Å². The molecule has 3 aliphatic rings. The van der Waals surface area contributed by atoms with E-state index in [0.717, 1.165) is 11.3 Å². The molecular formula is C21H24ClN3O3. The zero-order valence-electron chi connectivity index (χ0n) is 15.9. The number of benzene rings is 1. The molecule has 7 heteroatoms. The summed E-state index contributed by atoms with van der Waals surface area (Å²) in [6.45, 7) is 4.43. The van der Waals surface area contributed by atoms with Gasteiger partial charge in [0.1, 0.15) is 6.54 Å². The van der Waals surface area contributed by atoms with Gasteiger partial charge in [-0.1, -0.05) is 29.8 Å². The van der Waals surface area contributed by atoms with Crippen molar-refractivity contribution in [1.29, 1.82) is 0 Å². The van der Waals surface area contributed by atoms with Crippen molar-refractivity contribution in [2.45, 2.75) is 19.8 Å². The number of fused-ring (bicyclic) bond motifs is 1. The molecule has 1 aromatic rings. The Balaban J connectivity index is 1.36. The second-order valence-corrected chi connectivity index (χ2v) is 8.15. The average Bonchev–Trinajstić information content (AvgIpc) is 2.95. The van der Waals surface area contributed by atoms with Crippen molar-refractivity contribution in [2.75, 3.05) is 37.6 Å². The number of likely N-dealkylation sites (tertiary alicyclic amines) is 1. The minimum Gasteiger partial charge on any atom is -0.368 e. The van der Waals surface area contributed by atoms with Gasteiger partial charge in [-0.05, 0) is 37.5 Å². The van der Waals surface area contributed by atoms with E-state index < -0.39 is 0 Å². The maximum Gasteiger partial charge on any atom is 0.242 e. The van der Waals surface area contributed by atoms with Crippen LogP contribution >= 0.6 is 11.6 Å². The molecule has 28 heavy (non-hydrogen) atoms. The zero-order chi connectivity index (χ0) is 19.8. The van der Waals surface area contributed by atoms with Gasteiger partial charge in [-0.2, -0.15) is 0 Å². The van der Waals surface area contributed by atoms with E-state index >= 15 is 0 Å². The first kappa shape index (κ1) is 19.0. The number of nitrogens with zero attached hydrogens (tertiary/aromatic N) is 3. The summed E-state index contributed by atoms with van der Waals surface area (Å²) in [7, 11) is 0. The minimum atomic E-state index is -0.284. The Morgan fingerprint density at radius 1 is 1.04 bits per heavy atom. The fourth-order valence-electron chi connectivity index (χ4n) is 4.38. The molecule has 0 spiro atoms. The third kappa shape index (κ3) is 3.41. The number of amides is 3. The summed E-state index contributed by atoms with van der Waals surface area (Å²) in [6.07, 6.45) is 5.10. The van der Waals surface area contributed by atoms with Crippen LogP contribution < -0.4 is 4.90 Å². The molecule has 0 radical (unpaired) electrons. The topological polar surface area (TPSA) is 60.9 Å². The van der Waals surface area contributed by atoms with Gasteiger partial charge in [-0.3, -0.25) is 19.3 Å². The number of aryl methyl sites for hydroxylation is 1. The van der Waals surface area contributed by atoms with E-state index in [-0.39, 0.29) is 36.1 Å². The number of rotatable bonds is 3. The maximum absolute atomic E-state index is 12.7. The Kier molecular flexibility index (Phi) is 5.15. The molecule has 0 N–H and O–H groups in total. The molecule has 2 atom stereocenters. The number of hydrogen-bond donors (Lipinski definition) is 0. The first-order valence-corrected chi connectivity index (χ1v) is 10.1. The molecule has 4 rings (SSSR count). The largest absolute Gasteiger partial charge is 0.368 e. The second-order valence-electron chi connectivity index (χ2n) is 7.72. The lowest BCUT2D eigenvalue weighted by Gasteiger charge is -2.37. The molecule has 2 saturated heterocycles. The first-order valence-electron chi connectivity index (χ1n) is 9.75. The highest BCUT2D eigenvalue weighted by atomic mass is 35.5. The van der Waals surface area contributed by atoms with Gasteiger partial charge in [0.2, 0.25) is 17.7 Å². The molecule has 3 amide bonds. The highest BCUT2D eigenvalue weighted by Gasteiger charge is 2.48. The van der Waals surface area contributed by atoms with E-state index in [4.69, 9.17) is 11.6 Å². The number of anilines is 1. The van der Waals surface area contributed by atoms with Crippen LogP contribution in [0.2, 0.25) is 5.02 Å². The van der Waals surface area contributed by atoms with E-state index in [1.54, 1.807) is 4.90 Å². The first-order chi connectivity index (χ1) is 13.5. The van der Waals surface area contributed by atoms with Crippen LogP contribution in [0.3, 0.4) is 0 Å². The van der Waals surface area contributed by atoms with Gasteiger partial charge in [-0.25, -0.2) is 0 Å². The van der Waals surface area contributed by atoms with Crippen LogP contribution in [0.4, 0.5) is 5.69 Å². The van der Waals surface area contributed by atoms with Crippen molar-refractivity contribution in [2.24, 2.45) is 11.8 Å². The number of carbonyl (C=O) groups excluding carboxylic acids is 3. The van der Waals surface area contributed by atoms with Crippen molar-refractivity contribution < 1.29 is 14.4 Å². The lowest BCUT2D eigenvalue weighted by atomic mass is 9.85. The van der Waals surface area contributed by atoms with Gasteiger partial charge in [0.05, 0.1) is 11.8 Å². The van der Waals surface area contributed by atoms with Gasteiger partial charge >= 0.3 is 0 Å². The summed E-state index contributed by atoms with van der Waals surface area (Å²) in [6, 6.07) is 5.82. The maximum atomic E-state index is 12.7. The number of carbonyl (C=O) groups is 3. The molecule has 1 aliphatic carbocycles. The highest BCUT2D eigenvalue weighted by molar-refractivity contribution is 6.30. The fourth-order valence-corrected chi connectivity index (χ4v) is 4.55. The van der Waals surface area contributed by atoms with Crippen LogP contribution in [0, 0.1) is 18.8 Å². The van der Waals surface area contributed by atoms with Crippen LogP contribution in [-0.4, -0.2) is 60.2 Å². The van der Waals surface area contributed by atoms with E-state index in [2.05, 4.69) is 4.90 Å². The van der Waals surface area contributed by atoms with Crippen molar-refractivity contribution >= 4 is 35.0 Å². The normalized spacial score (nSPS) is 24.7. The van der Waals surface area contributed by atoms with E-state index in [0.29, 0.717) is 44.0 Å². The van der Waals surface area contributed by atoms with Gasteiger partial charge in [0.25, 0.3) is 0 Å². The Labute approximate surface area is 169 Å². The number of halogens is 1. The third-order valence-electron chi connectivity index (χ3n) is 6.04. The minimum absolute atomic E-state index is 0.138. The molecular weight excluding hydrogens is 378 g/mol. The lowest BCUT2D eigenvalue weighted by Crippen LogP contribution is -2.52. The van der Waals surface area contributed by atoms with Crippen LogP contribution in [0.15, 0.2) is 30.4 Å². The number of piperazine rings is 1. The Morgan fingerprint density at radius 2 is 1.64 bits per heavy atom. The molecule has 2 aliphatic heterocycles. The zero-order valence-corrected chi connectivity index (χ0v) is 16.7. The molecule has 0 unspecified atom stereocenters. The Bertz CT molecular complexity index is 819. The van der Waals surface area contributed by atoms with Gasteiger partial charge in [0.15, 0.2) is 0 Å². The molecule has 2 fully saturated rings. The molecule has 0 bridgehead atoms. The van der Waals surface area contributed by atoms with Crippen LogP contribution in [-0.2, 0) is 14.4 Å². The number of imide groups is 1. The van der Waals surface area contributed by atoms with E-state index in [1.165, 1.54) is 4.90 Å². The monoisotopic (exact) mass is 401 g/mol. The molecule has 2 heterocycles. The van der Waals surface area contributed by atoms with Crippen molar-refractivity contribution in [3.63, 3.8) is 0 Å². The highest BCUT2D eigenvalue weighted by Crippen LogP contribution is 2.35. The summed E-state index contributed by atoms with van der Waals surface area (Å²) < 4.78 is 0. The molecule has 0 aromatic heterocycles. The van der Waals surface area contributed by atoms with Gasteiger partial charge in [0, 0.05) is 36.9 Å². The van der Waals surface area contributed by atoms with Crippen molar-refractivity contribution in [1.82, 2.24) is 9.80 Å². The molecule has 6 nitrogen and oxygen atoms in total. The second kappa shape index (κ2) is 7.59. The SMILES string of the molecule is Cc1ccc(Cl)cc1N1CCN(C(=O)CN2C(=O)[C@H]3CC=CC[C@H]3C2=O)CC1. The number of allylic oxidation sites excluding steroid dienone is 2.